The fourth-order valence-electron chi connectivity index (χ4n) is 2.53. The molecule has 0 fully saturated rings. The van der Waals surface area contributed by atoms with Crippen LogP contribution >= 0.6 is 11.3 Å². The van der Waals surface area contributed by atoms with Crippen LogP contribution in [0, 0.1) is 0 Å². The van der Waals surface area contributed by atoms with E-state index in [9.17, 15) is 5.11 Å². The van der Waals surface area contributed by atoms with Crippen molar-refractivity contribution in [2.75, 3.05) is 0 Å². The van der Waals surface area contributed by atoms with Crippen LogP contribution < -0.4 is 0 Å². The highest BCUT2D eigenvalue weighted by Gasteiger charge is 2.15. The van der Waals surface area contributed by atoms with Gasteiger partial charge in [-0.25, -0.2) is 9.97 Å². The van der Waals surface area contributed by atoms with Crippen LogP contribution in [0.2, 0.25) is 0 Å². The van der Waals surface area contributed by atoms with Crippen LogP contribution in [0.1, 0.15) is 0 Å². The standard InChI is InChI=1S/C19H13N3OS/c23-17-4-2-1-3-15(17)18-16(14-7-10-24-12-14)11-21-19(22-18)13-5-8-20-9-6-13/h1-12,23H. The highest BCUT2D eigenvalue weighted by molar-refractivity contribution is 7.08. The first-order valence-electron chi connectivity index (χ1n) is 7.41. The van der Waals surface area contributed by atoms with Crippen molar-refractivity contribution in [3.8, 4) is 39.5 Å². The van der Waals surface area contributed by atoms with Gasteiger partial charge >= 0.3 is 0 Å². The molecule has 0 aliphatic rings. The molecule has 0 aliphatic carbocycles. The molecule has 0 bridgehead atoms. The van der Waals surface area contributed by atoms with E-state index in [0.717, 1.165) is 16.7 Å². The Morgan fingerprint density at radius 3 is 2.46 bits per heavy atom. The van der Waals surface area contributed by atoms with E-state index >= 15 is 0 Å². The average molecular weight is 331 g/mol. The van der Waals surface area contributed by atoms with E-state index in [1.165, 1.54) is 0 Å². The number of aromatic hydroxyl groups is 1. The van der Waals surface area contributed by atoms with Gasteiger partial charge in [-0.1, -0.05) is 12.1 Å². The summed E-state index contributed by atoms with van der Waals surface area (Å²) in [4.78, 5) is 13.3. The van der Waals surface area contributed by atoms with Crippen molar-refractivity contribution in [3.63, 3.8) is 0 Å². The molecule has 3 aromatic heterocycles. The SMILES string of the molecule is Oc1ccccc1-c1nc(-c2ccncc2)ncc1-c1ccsc1. The third kappa shape index (κ3) is 2.66. The summed E-state index contributed by atoms with van der Waals surface area (Å²) in [5.41, 5.74) is 4.23. The number of nitrogens with zero attached hydrogens (tertiary/aromatic N) is 3. The van der Waals surface area contributed by atoms with Crippen molar-refractivity contribution in [1.82, 2.24) is 15.0 Å². The molecule has 0 saturated heterocycles. The zero-order chi connectivity index (χ0) is 16.4. The van der Waals surface area contributed by atoms with Crippen molar-refractivity contribution < 1.29 is 5.11 Å². The van der Waals surface area contributed by atoms with Gasteiger partial charge in [0.05, 0.1) is 5.69 Å². The minimum Gasteiger partial charge on any atom is -0.507 e. The van der Waals surface area contributed by atoms with Gasteiger partial charge in [-0.2, -0.15) is 11.3 Å². The lowest BCUT2D eigenvalue weighted by Gasteiger charge is -2.11. The Balaban J connectivity index is 1.95. The van der Waals surface area contributed by atoms with Crippen molar-refractivity contribution in [3.05, 3.63) is 71.8 Å². The zero-order valence-corrected chi connectivity index (χ0v) is 13.4. The summed E-state index contributed by atoms with van der Waals surface area (Å²) in [6, 6.07) is 13.0. The number of pyridine rings is 1. The molecular formula is C19H13N3OS. The molecule has 0 radical (unpaired) electrons. The third-order valence-corrected chi connectivity index (χ3v) is 4.40. The first kappa shape index (κ1) is 14.5. The average Bonchev–Trinajstić information content (AvgIpc) is 3.17. The molecule has 5 heteroatoms. The second kappa shape index (κ2) is 6.22. The van der Waals surface area contributed by atoms with Crippen LogP contribution in [0.5, 0.6) is 5.75 Å². The molecule has 0 amide bonds. The summed E-state index contributed by atoms with van der Waals surface area (Å²) in [5.74, 6) is 0.808. The van der Waals surface area contributed by atoms with Crippen molar-refractivity contribution in [2.45, 2.75) is 0 Å². The topological polar surface area (TPSA) is 58.9 Å². The molecule has 3 heterocycles. The van der Waals surface area contributed by atoms with Crippen LogP contribution in [0.15, 0.2) is 71.8 Å². The Morgan fingerprint density at radius 1 is 0.875 bits per heavy atom. The second-order valence-corrected chi connectivity index (χ2v) is 6.00. The molecule has 0 saturated carbocycles. The quantitative estimate of drug-likeness (QED) is 0.594. The lowest BCUT2D eigenvalue weighted by molar-refractivity contribution is 0.477. The maximum absolute atomic E-state index is 10.3. The normalized spacial score (nSPS) is 10.7. The molecule has 0 unspecified atom stereocenters. The number of benzene rings is 1. The number of thiophene rings is 1. The van der Waals surface area contributed by atoms with Gasteiger partial charge in [0.15, 0.2) is 5.82 Å². The second-order valence-electron chi connectivity index (χ2n) is 5.22. The zero-order valence-electron chi connectivity index (χ0n) is 12.6. The molecule has 0 spiro atoms. The van der Waals surface area contributed by atoms with E-state index in [4.69, 9.17) is 4.98 Å². The maximum atomic E-state index is 10.3. The number of phenolic OH excluding ortho intramolecular Hbond substituents is 1. The molecule has 0 aliphatic heterocycles. The van der Waals surface area contributed by atoms with E-state index in [-0.39, 0.29) is 5.75 Å². The minimum absolute atomic E-state index is 0.202. The van der Waals surface area contributed by atoms with Gasteiger partial charge in [0, 0.05) is 35.3 Å². The van der Waals surface area contributed by atoms with E-state index in [2.05, 4.69) is 9.97 Å². The Labute approximate surface area is 143 Å². The first-order valence-corrected chi connectivity index (χ1v) is 8.35. The predicted octanol–water partition coefficient (Wildman–Crippen LogP) is 4.64. The van der Waals surface area contributed by atoms with Crippen LogP contribution in [0.3, 0.4) is 0 Å². The third-order valence-electron chi connectivity index (χ3n) is 3.72. The number of phenols is 1. The fourth-order valence-corrected chi connectivity index (χ4v) is 3.19. The molecule has 0 atom stereocenters. The summed E-state index contributed by atoms with van der Waals surface area (Å²) in [6.45, 7) is 0. The van der Waals surface area contributed by atoms with Crippen LogP contribution in [0.4, 0.5) is 0 Å². The van der Waals surface area contributed by atoms with E-state index < -0.39 is 0 Å². The summed E-state index contributed by atoms with van der Waals surface area (Å²) in [5, 5.41) is 14.3. The Kier molecular flexibility index (Phi) is 3.76. The van der Waals surface area contributed by atoms with E-state index in [1.54, 1.807) is 35.9 Å². The number of hydrogen-bond donors (Lipinski definition) is 1. The molecule has 4 rings (SSSR count). The van der Waals surface area contributed by atoms with E-state index in [0.29, 0.717) is 17.1 Å². The molecule has 116 valence electrons. The minimum atomic E-state index is 0.202. The Bertz CT molecular complexity index is 969. The monoisotopic (exact) mass is 331 g/mol. The van der Waals surface area contributed by atoms with Crippen molar-refractivity contribution >= 4 is 11.3 Å². The van der Waals surface area contributed by atoms with Crippen LogP contribution in [0.25, 0.3) is 33.8 Å². The molecule has 24 heavy (non-hydrogen) atoms. The molecular weight excluding hydrogens is 318 g/mol. The summed E-state index contributed by atoms with van der Waals surface area (Å²) >= 11 is 1.62. The van der Waals surface area contributed by atoms with Gasteiger partial charge in [-0.15, -0.1) is 0 Å². The largest absolute Gasteiger partial charge is 0.507 e. The summed E-state index contributed by atoms with van der Waals surface area (Å²) in [6.07, 6.45) is 5.24. The van der Waals surface area contributed by atoms with Crippen LogP contribution in [-0.4, -0.2) is 20.1 Å². The Hall–Kier alpha value is -3.05. The number of hydrogen-bond acceptors (Lipinski definition) is 5. The predicted molar refractivity (Wildman–Crippen MR) is 95.7 cm³/mol. The van der Waals surface area contributed by atoms with Crippen molar-refractivity contribution in [2.24, 2.45) is 0 Å². The molecule has 1 N–H and O–H groups in total. The van der Waals surface area contributed by atoms with Gasteiger partial charge in [0.2, 0.25) is 0 Å². The highest BCUT2D eigenvalue weighted by Crippen LogP contribution is 2.36. The highest BCUT2D eigenvalue weighted by atomic mass is 32.1. The van der Waals surface area contributed by atoms with Gasteiger partial charge < -0.3 is 5.11 Å². The first-order chi connectivity index (χ1) is 11.8. The number of para-hydroxylation sites is 1. The summed E-state index contributed by atoms with van der Waals surface area (Å²) in [7, 11) is 0. The van der Waals surface area contributed by atoms with Crippen molar-refractivity contribution in [1.29, 1.82) is 0 Å². The lowest BCUT2D eigenvalue weighted by atomic mass is 10.0. The van der Waals surface area contributed by atoms with Gasteiger partial charge in [-0.05, 0) is 46.7 Å². The van der Waals surface area contributed by atoms with Gasteiger partial charge in [0.25, 0.3) is 0 Å². The van der Waals surface area contributed by atoms with E-state index in [1.807, 2.05) is 47.3 Å². The Morgan fingerprint density at radius 2 is 1.71 bits per heavy atom. The number of aromatic nitrogens is 3. The maximum Gasteiger partial charge on any atom is 0.159 e. The summed E-state index contributed by atoms with van der Waals surface area (Å²) < 4.78 is 0. The molecule has 4 nitrogen and oxygen atoms in total. The van der Waals surface area contributed by atoms with Gasteiger partial charge in [-0.3, -0.25) is 4.98 Å². The van der Waals surface area contributed by atoms with Gasteiger partial charge in [0.1, 0.15) is 5.75 Å². The van der Waals surface area contributed by atoms with Crippen LogP contribution in [-0.2, 0) is 0 Å². The number of rotatable bonds is 3. The molecule has 1 aromatic carbocycles. The smallest absolute Gasteiger partial charge is 0.159 e. The lowest BCUT2D eigenvalue weighted by Crippen LogP contribution is -1.95. The molecule has 4 aromatic rings. The fraction of sp³-hybridized carbons (Fsp3) is 0.